The summed E-state index contributed by atoms with van der Waals surface area (Å²) in [6.45, 7) is 3.83. The molecule has 0 aliphatic carbocycles. The number of hydrogen-bond donors (Lipinski definition) is 2. The van der Waals surface area contributed by atoms with Crippen molar-refractivity contribution in [3.8, 4) is 5.88 Å². The third-order valence-corrected chi connectivity index (χ3v) is 6.82. The number of carbonyl (C=O) groups excluding carboxylic acids is 2. The molecule has 3 rings (SSSR count). The van der Waals surface area contributed by atoms with Crippen molar-refractivity contribution in [1.29, 1.82) is 0 Å². The number of unbranched alkanes of at least 4 members (excludes halogenated alkanes) is 1. The van der Waals surface area contributed by atoms with Gasteiger partial charge in [-0.15, -0.1) is 0 Å². The van der Waals surface area contributed by atoms with Gasteiger partial charge in [0.2, 0.25) is 5.88 Å². The Morgan fingerprint density at radius 2 is 1.95 bits per heavy atom. The highest BCUT2D eigenvalue weighted by atomic mass is 16.7. The average molecular weight is 558 g/mol. The van der Waals surface area contributed by atoms with Gasteiger partial charge >= 0.3 is 12.0 Å². The molecule has 11 nitrogen and oxygen atoms in total. The lowest BCUT2D eigenvalue weighted by molar-refractivity contribution is -0.146. The maximum absolute atomic E-state index is 13.6. The van der Waals surface area contributed by atoms with Gasteiger partial charge in [-0.05, 0) is 49.3 Å². The van der Waals surface area contributed by atoms with Gasteiger partial charge in [0, 0.05) is 45.3 Å². The molecule has 0 radical (unpaired) electrons. The zero-order valence-electron chi connectivity index (χ0n) is 24.1. The molecule has 0 unspecified atom stereocenters. The molecule has 0 spiro atoms. The number of aryl methyl sites for hydroxylation is 2. The molecule has 0 aromatic carbocycles. The molecule has 1 atom stereocenters. The van der Waals surface area contributed by atoms with Crippen molar-refractivity contribution in [3.05, 3.63) is 47.3 Å². The van der Waals surface area contributed by atoms with Crippen LogP contribution in [-0.4, -0.2) is 80.7 Å². The molecule has 0 bridgehead atoms. The predicted molar refractivity (Wildman–Crippen MR) is 151 cm³/mol. The van der Waals surface area contributed by atoms with Crippen LogP contribution in [0.2, 0.25) is 0 Å². The van der Waals surface area contributed by atoms with Crippen LogP contribution in [0.5, 0.6) is 5.88 Å². The highest BCUT2D eigenvalue weighted by Gasteiger charge is 2.31. The van der Waals surface area contributed by atoms with E-state index in [4.69, 9.17) is 23.9 Å². The second-order valence-electron chi connectivity index (χ2n) is 9.66. The topological polar surface area (TPSA) is 124 Å². The molecule has 1 aliphatic heterocycles. The standard InChI is InChI=1S/C29H43N5O6/c1-5-6-17-40-26(35)18-24(22-12-14-25(37-2)32-19-22)34(20-27(38-3)39-4)29(36)31-16-8-10-23-13-11-21-9-7-15-30-28(21)33-23/h11-14,19,24,27H,5-10,15-18,20H2,1-4H3,(H,30,33)(H,31,36)/t24-/m0/s1. The molecule has 11 heteroatoms. The minimum atomic E-state index is -0.692. The number of nitrogens with zero attached hydrogens (tertiary/aromatic N) is 3. The normalized spacial score (nSPS) is 13.2. The highest BCUT2D eigenvalue weighted by Crippen LogP contribution is 2.27. The van der Waals surface area contributed by atoms with Crippen molar-refractivity contribution in [1.82, 2.24) is 20.2 Å². The van der Waals surface area contributed by atoms with E-state index in [0.717, 1.165) is 50.2 Å². The van der Waals surface area contributed by atoms with Gasteiger partial charge in [0.05, 0.1) is 32.7 Å². The number of carbonyl (C=O) groups is 2. The second kappa shape index (κ2) is 16.6. The van der Waals surface area contributed by atoms with Crippen LogP contribution in [0.1, 0.15) is 61.9 Å². The van der Waals surface area contributed by atoms with Gasteiger partial charge < -0.3 is 34.5 Å². The number of fused-ring (bicyclic) bond motifs is 1. The number of pyridine rings is 2. The number of methoxy groups -OCH3 is 3. The van der Waals surface area contributed by atoms with Crippen LogP contribution in [-0.2, 0) is 31.8 Å². The number of nitrogens with one attached hydrogen (secondary N) is 2. The van der Waals surface area contributed by atoms with Crippen LogP contribution in [0.3, 0.4) is 0 Å². The van der Waals surface area contributed by atoms with E-state index in [1.807, 2.05) is 6.92 Å². The van der Waals surface area contributed by atoms with E-state index in [2.05, 4.69) is 27.8 Å². The van der Waals surface area contributed by atoms with E-state index in [9.17, 15) is 9.59 Å². The Morgan fingerprint density at radius 3 is 2.65 bits per heavy atom. The summed E-state index contributed by atoms with van der Waals surface area (Å²) in [6.07, 6.45) is 6.15. The largest absolute Gasteiger partial charge is 0.481 e. The van der Waals surface area contributed by atoms with Gasteiger partial charge in [-0.3, -0.25) is 4.79 Å². The maximum Gasteiger partial charge on any atom is 0.318 e. The van der Waals surface area contributed by atoms with Crippen LogP contribution < -0.4 is 15.4 Å². The Kier molecular flexibility index (Phi) is 12.9. The summed E-state index contributed by atoms with van der Waals surface area (Å²) in [5.41, 5.74) is 2.90. The lowest BCUT2D eigenvalue weighted by atomic mass is 10.0. The third-order valence-electron chi connectivity index (χ3n) is 6.82. The number of esters is 1. The number of hydrogen-bond acceptors (Lipinski definition) is 9. The fourth-order valence-corrected chi connectivity index (χ4v) is 4.50. The van der Waals surface area contributed by atoms with Crippen molar-refractivity contribution in [2.24, 2.45) is 0 Å². The predicted octanol–water partition coefficient (Wildman–Crippen LogP) is 3.88. The zero-order valence-corrected chi connectivity index (χ0v) is 24.1. The molecule has 0 saturated carbocycles. The fourth-order valence-electron chi connectivity index (χ4n) is 4.50. The molecule has 1 aliphatic rings. The third kappa shape index (κ3) is 9.34. The number of rotatable bonds is 16. The smallest absolute Gasteiger partial charge is 0.318 e. The summed E-state index contributed by atoms with van der Waals surface area (Å²) < 4.78 is 21.4. The van der Waals surface area contributed by atoms with Gasteiger partial charge in [-0.25, -0.2) is 14.8 Å². The van der Waals surface area contributed by atoms with Crippen LogP contribution in [0.4, 0.5) is 10.6 Å². The maximum atomic E-state index is 13.6. The SMILES string of the molecule is CCCCOC(=O)C[C@@H](c1ccc(OC)nc1)N(CC(OC)OC)C(=O)NCCCc1ccc2c(n1)NCCC2. The molecule has 0 saturated heterocycles. The Labute approximate surface area is 236 Å². The highest BCUT2D eigenvalue weighted by molar-refractivity contribution is 5.77. The first-order chi connectivity index (χ1) is 19.5. The lowest BCUT2D eigenvalue weighted by Crippen LogP contribution is -2.47. The molecule has 3 heterocycles. The Hall–Kier alpha value is -3.44. The van der Waals surface area contributed by atoms with Crippen molar-refractivity contribution >= 4 is 17.8 Å². The molecule has 0 fully saturated rings. The Balaban J connectivity index is 1.72. The molecular weight excluding hydrogens is 514 g/mol. The summed E-state index contributed by atoms with van der Waals surface area (Å²) in [4.78, 5) is 36.9. The Morgan fingerprint density at radius 1 is 1.12 bits per heavy atom. The Bertz CT molecular complexity index is 1060. The number of urea groups is 1. The van der Waals surface area contributed by atoms with E-state index < -0.39 is 18.3 Å². The van der Waals surface area contributed by atoms with Gasteiger partial charge in [0.15, 0.2) is 6.29 Å². The summed E-state index contributed by atoms with van der Waals surface area (Å²) in [5, 5.41) is 6.36. The van der Waals surface area contributed by atoms with Crippen LogP contribution >= 0.6 is 0 Å². The van der Waals surface area contributed by atoms with Gasteiger partial charge in [-0.1, -0.05) is 25.5 Å². The number of aromatic nitrogens is 2. The van der Waals surface area contributed by atoms with Crippen molar-refractivity contribution < 1.29 is 28.5 Å². The fraction of sp³-hybridized carbons (Fsp3) is 0.586. The van der Waals surface area contributed by atoms with E-state index in [0.29, 0.717) is 31.0 Å². The molecule has 2 amide bonds. The van der Waals surface area contributed by atoms with E-state index >= 15 is 0 Å². The minimum absolute atomic E-state index is 0.0443. The molecule has 2 aromatic heterocycles. The first-order valence-electron chi connectivity index (χ1n) is 14.0. The van der Waals surface area contributed by atoms with Gasteiger partial charge in [-0.2, -0.15) is 0 Å². The summed E-state index contributed by atoms with van der Waals surface area (Å²) >= 11 is 0. The number of ether oxygens (including phenoxy) is 4. The molecule has 40 heavy (non-hydrogen) atoms. The zero-order chi connectivity index (χ0) is 28.7. The molecular formula is C29H43N5O6. The lowest BCUT2D eigenvalue weighted by Gasteiger charge is -2.33. The summed E-state index contributed by atoms with van der Waals surface area (Å²) in [5.74, 6) is 0.998. The van der Waals surface area contributed by atoms with Crippen LogP contribution in [0, 0.1) is 0 Å². The monoisotopic (exact) mass is 557 g/mol. The summed E-state index contributed by atoms with van der Waals surface area (Å²) in [6, 6.07) is 6.67. The van der Waals surface area contributed by atoms with Crippen molar-refractivity contribution in [2.45, 2.75) is 64.2 Å². The van der Waals surface area contributed by atoms with Crippen molar-refractivity contribution in [2.75, 3.05) is 52.9 Å². The molecule has 2 aromatic rings. The quantitative estimate of drug-likeness (QED) is 0.180. The molecule has 220 valence electrons. The van der Waals surface area contributed by atoms with E-state index in [1.54, 1.807) is 23.2 Å². The number of amides is 2. The summed E-state index contributed by atoms with van der Waals surface area (Å²) in [7, 11) is 4.55. The van der Waals surface area contributed by atoms with Crippen LogP contribution in [0.25, 0.3) is 0 Å². The first-order valence-corrected chi connectivity index (χ1v) is 14.0. The first kappa shape index (κ1) is 31.1. The molecule has 2 N–H and O–H groups in total. The van der Waals surface area contributed by atoms with Crippen LogP contribution in [0.15, 0.2) is 30.5 Å². The number of anilines is 1. The second-order valence-corrected chi connectivity index (χ2v) is 9.66. The van der Waals surface area contributed by atoms with E-state index in [-0.39, 0.29) is 19.0 Å². The van der Waals surface area contributed by atoms with Crippen molar-refractivity contribution in [3.63, 3.8) is 0 Å². The van der Waals surface area contributed by atoms with E-state index in [1.165, 1.54) is 26.9 Å². The average Bonchev–Trinajstić information content (AvgIpc) is 2.99. The van der Waals surface area contributed by atoms with Gasteiger partial charge in [0.25, 0.3) is 0 Å². The van der Waals surface area contributed by atoms with Gasteiger partial charge in [0.1, 0.15) is 5.82 Å². The minimum Gasteiger partial charge on any atom is -0.481 e.